The summed E-state index contributed by atoms with van der Waals surface area (Å²) in [5.74, 6) is 3.17. The number of pyridine rings is 1. The van der Waals surface area contributed by atoms with E-state index >= 15 is 0 Å². The first-order valence-corrected chi connectivity index (χ1v) is 21.2. The SMILES string of the molecule is COC(=O)C1(Nc2cccc(Cl)c2)CCC2(CC1)c1cc3c(cc1C[C@@H]2C[C@@H](C)COc1ccnc2c1[C@H](C)CCC2)OCC[C@@H](CN(C)C(=O)OC(C)(C)C)O3. The van der Waals surface area contributed by atoms with Crippen molar-refractivity contribution in [2.45, 2.75) is 127 Å². The third kappa shape index (κ3) is 8.81. The van der Waals surface area contributed by atoms with Crippen LogP contribution in [0.15, 0.2) is 48.7 Å². The van der Waals surface area contributed by atoms with Gasteiger partial charge in [-0.1, -0.05) is 31.5 Å². The maximum atomic E-state index is 13.7. The number of amides is 1. The van der Waals surface area contributed by atoms with Crippen LogP contribution in [-0.4, -0.2) is 73.1 Å². The summed E-state index contributed by atoms with van der Waals surface area (Å²) in [4.78, 5) is 32.8. The second-order valence-corrected chi connectivity index (χ2v) is 18.5. The Morgan fingerprint density at radius 2 is 1.88 bits per heavy atom. The van der Waals surface area contributed by atoms with Crippen LogP contribution in [0.4, 0.5) is 10.5 Å². The largest absolute Gasteiger partial charge is 0.493 e. The van der Waals surface area contributed by atoms with E-state index in [0.717, 1.165) is 55.7 Å². The quantitative estimate of drug-likeness (QED) is 0.201. The molecule has 3 aromatic rings. The fraction of sp³-hybridized carbons (Fsp3) is 0.587. The lowest BCUT2D eigenvalue weighted by atomic mass is 9.59. The van der Waals surface area contributed by atoms with Crippen LogP contribution in [0.5, 0.6) is 17.2 Å². The maximum Gasteiger partial charge on any atom is 0.410 e. The van der Waals surface area contributed by atoms with Crippen LogP contribution >= 0.6 is 11.6 Å². The minimum absolute atomic E-state index is 0.213. The van der Waals surface area contributed by atoms with E-state index in [1.807, 2.05) is 57.3 Å². The van der Waals surface area contributed by atoms with Gasteiger partial charge in [-0.05, 0) is 149 Å². The first-order chi connectivity index (χ1) is 27.2. The number of methoxy groups -OCH3 is 1. The molecule has 0 radical (unpaired) electrons. The van der Waals surface area contributed by atoms with Crippen LogP contribution in [0.2, 0.25) is 5.02 Å². The molecule has 0 saturated heterocycles. The predicted molar refractivity (Wildman–Crippen MR) is 222 cm³/mol. The molecule has 1 aromatic heterocycles. The number of aryl methyl sites for hydroxylation is 1. The Morgan fingerprint density at radius 1 is 1.09 bits per heavy atom. The molecule has 1 amide bonds. The molecule has 2 heterocycles. The lowest BCUT2D eigenvalue weighted by molar-refractivity contribution is -0.148. The van der Waals surface area contributed by atoms with E-state index in [0.29, 0.717) is 61.6 Å². The number of fused-ring (bicyclic) bond motifs is 4. The summed E-state index contributed by atoms with van der Waals surface area (Å²) in [6.45, 7) is 11.6. The number of aromatic nitrogens is 1. The number of rotatable bonds is 10. The molecule has 1 fully saturated rings. The smallest absolute Gasteiger partial charge is 0.410 e. The Labute approximate surface area is 343 Å². The van der Waals surface area contributed by atoms with Crippen LogP contribution in [0.25, 0.3) is 0 Å². The molecule has 0 unspecified atom stereocenters. The number of hydrogen-bond donors (Lipinski definition) is 1. The van der Waals surface area contributed by atoms with Gasteiger partial charge in [0.25, 0.3) is 0 Å². The summed E-state index contributed by atoms with van der Waals surface area (Å²) in [6, 6.07) is 13.9. The summed E-state index contributed by atoms with van der Waals surface area (Å²) in [7, 11) is 3.21. The van der Waals surface area contributed by atoms with Gasteiger partial charge in [-0.2, -0.15) is 0 Å². The lowest BCUT2D eigenvalue weighted by Crippen LogP contribution is -2.53. The fourth-order valence-corrected chi connectivity index (χ4v) is 10.1. The monoisotopic (exact) mass is 801 g/mol. The Kier molecular flexibility index (Phi) is 11.9. The summed E-state index contributed by atoms with van der Waals surface area (Å²) in [5, 5.41) is 4.18. The first-order valence-electron chi connectivity index (χ1n) is 20.8. The molecule has 4 aliphatic rings. The van der Waals surface area contributed by atoms with Gasteiger partial charge in [0, 0.05) is 41.6 Å². The summed E-state index contributed by atoms with van der Waals surface area (Å²) < 4.78 is 30.8. The number of hydrogen-bond acceptors (Lipinski definition) is 9. The van der Waals surface area contributed by atoms with Crippen molar-refractivity contribution in [3.05, 3.63) is 76.1 Å². The minimum atomic E-state index is -0.896. The Hall–Kier alpha value is -4.18. The normalized spacial score (nSPS) is 25.7. The zero-order valence-electron chi connectivity index (χ0n) is 34.8. The van der Waals surface area contributed by atoms with Gasteiger partial charge in [-0.3, -0.25) is 4.98 Å². The van der Waals surface area contributed by atoms with Gasteiger partial charge in [0.05, 0.1) is 26.9 Å². The average molecular weight is 802 g/mol. The van der Waals surface area contributed by atoms with Crippen molar-refractivity contribution >= 4 is 29.4 Å². The standard InChI is InChI=1S/C46H60ClN3O7/c1-29(28-55-38-14-20-48-37-13-8-10-30(2)41(37)38)22-32-23-31-24-39-40(56-35(15-21-54-39)27-50(6)43(52)57-44(3,4)5)26-36(31)45(32)16-18-46(19-17-45,42(51)53-7)49-34-12-9-11-33(47)25-34/h9,11-12,14,20,24-26,29-30,32,35,49H,8,10,13,15-19,21-23,27-28H2,1-7H3/t29-,30-,32+,35+,45?,46?/m1/s1. The number of nitrogens with zero attached hydrogens (tertiary/aromatic N) is 2. The highest BCUT2D eigenvalue weighted by Gasteiger charge is 2.55. The summed E-state index contributed by atoms with van der Waals surface area (Å²) in [5.41, 5.74) is 4.08. The van der Waals surface area contributed by atoms with Crippen molar-refractivity contribution < 1.29 is 33.3 Å². The molecule has 2 aromatic carbocycles. The van der Waals surface area contributed by atoms with Crippen LogP contribution in [0.1, 0.15) is 114 Å². The molecule has 57 heavy (non-hydrogen) atoms. The van der Waals surface area contributed by atoms with Gasteiger partial charge < -0.3 is 33.9 Å². The predicted octanol–water partition coefficient (Wildman–Crippen LogP) is 9.68. The van der Waals surface area contributed by atoms with Crippen molar-refractivity contribution in [1.29, 1.82) is 0 Å². The molecule has 308 valence electrons. The number of benzene rings is 2. The second-order valence-electron chi connectivity index (χ2n) is 18.1. The number of halogens is 1. The minimum Gasteiger partial charge on any atom is -0.493 e. The van der Waals surface area contributed by atoms with E-state index in [4.69, 9.17) is 40.3 Å². The van der Waals surface area contributed by atoms with E-state index in [-0.39, 0.29) is 29.5 Å². The van der Waals surface area contributed by atoms with Gasteiger partial charge in [-0.15, -0.1) is 0 Å². The Morgan fingerprint density at radius 3 is 2.61 bits per heavy atom. The average Bonchev–Trinajstić information content (AvgIpc) is 3.29. The zero-order valence-corrected chi connectivity index (χ0v) is 35.5. The Bertz CT molecular complexity index is 1940. The van der Waals surface area contributed by atoms with E-state index in [9.17, 15) is 9.59 Å². The van der Waals surface area contributed by atoms with Crippen molar-refractivity contribution in [3.8, 4) is 17.2 Å². The van der Waals surface area contributed by atoms with Crippen molar-refractivity contribution in [1.82, 2.24) is 9.88 Å². The number of likely N-dealkylation sites (N-methyl/N-ethyl adjacent to an activating group) is 1. The fourth-order valence-electron chi connectivity index (χ4n) is 9.89. The van der Waals surface area contributed by atoms with Gasteiger partial charge in [0.2, 0.25) is 0 Å². The highest BCUT2D eigenvalue weighted by atomic mass is 35.5. The number of anilines is 1. The number of ether oxygens (including phenoxy) is 5. The van der Waals surface area contributed by atoms with Crippen molar-refractivity contribution in [2.24, 2.45) is 11.8 Å². The lowest BCUT2D eigenvalue weighted by Gasteiger charge is -2.47. The third-order valence-corrected chi connectivity index (χ3v) is 12.9. The number of esters is 1. The highest BCUT2D eigenvalue weighted by Crippen LogP contribution is 2.58. The molecule has 1 spiro atoms. The number of nitrogens with one attached hydrogen (secondary N) is 1. The highest BCUT2D eigenvalue weighted by molar-refractivity contribution is 6.30. The van der Waals surface area contributed by atoms with Gasteiger partial charge in [0.1, 0.15) is 23.0 Å². The number of carbonyl (C=O) groups is 2. The molecule has 1 saturated carbocycles. The van der Waals surface area contributed by atoms with E-state index in [2.05, 4.69) is 31.3 Å². The Balaban J connectivity index is 1.16. The van der Waals surface area contributed by atoms with Crippen molar-refractivity contribution in [3.63, 3.8) is 0 Å². The second kappa shape index (κ2) is 16.6. The van der Waals surface area contributed by atoms with Crippen LogP contribution in [0, 0.1) is 11.8 Å². The molecule has 3 aliphatic carbocycles. The van der Waals surface area contributed by atoms with Gasteiger partial charge in [0.15, 0.2) is 11.5 Å². The van der Waals surface area contributed by atoms with Gasteiger partial charge >= 0.3 is 12.1 Å². The first kappa shape index (κ1) is 41.0. The maximum absolute atomic E-state index is 13.7. The third-order valence-electron chi connectivity index (χ3n) is 12.7. The van der Waals surface area contributed by atoms with E-state index < -0.39 is 11.1 Å². The zero-order chi connectivity index (χ0) is 40.5. The van der Waals surface area contributed by atoms with Crippen LogP contribution in [0.3, 0.4) is 0 Å². The summed E-state index contributed by atoms with van der Waals surface area (Å²) in [6.07, 6.45) is 9.79. The van der Waals surface area contributed by atoms with Crippen LogP contribution in [-0.2, 0) is 32.5 Å². The summed E-state index contributed by atoms with van der Waals surface area (Å²) >= 11 is 6.38. The van der Waals surface area contributed by atoms with Gasteiger partial charge in [-0.25, -0.2) is 9.59 Å². The molecule has 1 N–H and O–H groups in total. The van der Waals surface area contributed by atoms with E-state index in [1.54, 1.807) is 11.9 Å². The molecular formula is C46H60ClN3O7. The number of carbonyl (C=O) groups excluding carboxylic acids is 2. The molecule has 0 bridgehead atoms. The molecular weight excluding hydrogens is 742 g/mol. The topological polar surface area (TPSA) is 108 Å². The molecule has 4 atom stereocenters. The molecule has 11 heteroatoms. The molecule has 7 rings (SSSR count). The van der Waals surface area contributed by atoms with Crippen molar-refractivity contribution in [2.75, 3.05) is 39.2 Å². The molecule has 1 aliphatic heterocycles. The van der Waals surface area contributed by atoms with Crippen LogP contribution < -0.4 is 19.5 Å². The molecule has 10 nitrogen and oxygen atoms in total. The van der Waals surface area contributed by atoms with E-state index in [1.165, 1.54) is 35.9 Å².